The lowest BCUT2D eigenvalue weighted by Gasteiger charge is -2.59. The van der Waals surface area contributed by atoms with Gasteiger partial charge in [0, 0.05) is 0 Å². The Morgan fingerprint density at radius 1 is 0.950 bits per heavy atom. The Kier molecular flexibility index (Phi) is 2.50. The van der Waals surface area contributed by atoms with Gasteiger partial charge in [-0.3, -0.25) is 0 Å². The van der Waals surface area contributed by atoms with Crippen LogP contribution in [-0.2, 0) is 0 Å². The summed E-state index contributed by atoms with van der Waals surface area (Å²) >= 11 is 0. The molecule has 0 saturated heterocycles. The van der Waals surface area contributed by atoms with E-state index in [1.54, 1.807) is 0 Å². The zero-order chi connectivity index (χ0) is 14.3. The molecule has 0 N–H and O–H groups in total. The molecule has 0 aromatic rings. The topological polar surface area (TPSA) is 0 Å². The van der Waals surface area contributed by atoms with Crippen molar-refractivity contribution in [1.29, 1.82) is 0 Å². The van der Waals surface area contributed by atoms with Crippen LogP contribution in [0.5, 0.6) is 0 Å². The molecule has 0 spiro atoms. The highest BCUT2D eigenvalue weighted by atomic mass is 14.7. The third kappa shape index (κ3) is 1.39. The van der Waals surface area contributed by atoms with E-state index in [1.165, 1.54) is 50.5 Å². The average Bonchev–Trinajstić information content (AvgIpc) is 2.93. The highest BCUT2D eigenvalue weighted by Crippen LogP contribution is 2.78. The lowest BCUT2D eigenvalue weighted by Crippen LogP contribution is -2.52. The summed E-state index contributed by atoms with van der Waals surface area (Å²) in [6.45, 7) is 14.6. The molecule has 0 aliphatic heterocycles. The van der Waals surface area contributed by atoms with Crippen LogP contribution in [-0.4, -0.2) is 0 Å². The quantitative estimate of drug-likeness (QED) is 0.527. The Morgan fingerprint density at radius 2 is 1.70 bits per heavy atom. The fraction of sp³-hybridized carbons (Fsp3) is 0.900. The second-order valence-electron chi connectivity index (χ2n) is 9.59. The summed E-state index contributed by atoms with van der Waals surface area (Å²) in [5.41, 5.74) is 3.44. The standard InChI is InChI=1S/C20H32/c1-13(2)15-8-9-18(3)10-11-19(4)16(17(15)18)7-6-14-12-20(14,19)5/h14-17H,1,6-12H2,2-5H3/t14-,15-,16+,17+,18+,19+,20+/m0/s1. The van der Waals surface area contributed by atoms with E-state index < -0.39 is 0 Å². The fourth-order valence-corrected chi connectivity index (χ4v) is 7.22. The summed E-state index contributed by atoms with van der Waals surface area (Å²) in [6.07, 6.45) is 10.4. The van der Waals surface area contributed by atoms with Crippen molar-refractivity contribution in [1.82, 2.24) is 0 Å². The molecule has 4 saturated carbocycles. The Balaban J connectivity index is 1.75. The van der Waals surface area contributed by atoms with Crippen LogP contribution in [0.15, 0.2) is 12.2 Å². The number of hydrogen-bond acceptors (Lipinski definition) is 0. The van der Waals surface area contributed by atoms with Crippen LogP contribution in [0, 0.1) is 39.9 Å². The molecule has 4 fully saturated rings. The highest BCUT2D eigenvalue weighted by molar-refractivity contribution is 5.21. The summed E-state index contributed by atoms with van der Waals surface area (Å²) in [5, 5.41) is 0. The van der Waals surface area contributed by atoms with Crippen molar-refractivity contribution < 1.29 is 0 Å². The van der Waals surface area contributed by atoms with E-state index in [1.807, 2.05) is 0 Å². The Labute approximate surface area is 125 Å². The molecule has 112 valence electrons. The predicted octanol–water partition coefficient (Wildman–Crippen LogP) is 5.83. The first kappa shape index (κ1) is 13.4. The maximum absolute atomic E-state index is 4.37. The third-order valence-electron chi connectivity index (χ3n) is 8.91. The van der Waals surface area contributed by atoms with Gasteiger partial charge in [-0.1, -0.05) is 32.9 Å². The van der Waals surface area contributed by atoms with Crippen LogP contribution in [0.25, 0.3) is 0 Å². The second kappa shape index (κ2) is 3.73. The number of allylic oxidation sites excluding steroid dienone is 1. The first-order chi connectivity index (χ1) is 9.32. The minimum absolute atomic E-state index is 0.631. The lowest BCUT2D eigenvalue weighted by atomic mass is 9.46. The van der Waals surface area contributed by atoms with Crippen molar-refractivity contribution >= 4 is 0 Å². The Hall–Kier alpha value is -0.260. The van der Waals surface area contributed by atoms with E-state index in [-0.39, 0.29) is 0 Å². The second-order valence-corrected chi connectivity index (χ2v) is 9.59. The average molecular weight is 272 g/mol. The molecule has 0 aromatic carbocycles. The number of rotatable bonds is 1. The molecular formula is C20H32. The van der Waals surface area contributed by atoms with E-state index in [4.69, 9.17) is 0 Å². The van der Waals surface area contributed by atoms with Crippen LogP contribution < -0.4 is 0 Å². The van der Waals surface area contributed by atoms with Gasteiger partial charge in [0.05, 0.1) is 0 Å². The molecule has 4 aliphatic rings. The summed E-state index contributed by atoms with van der Waals surface area (Å²) in [4.78, 5) is 0. The van der Waals surface area contributed by atoms with Crippen LogP contribution >= 0.6 is 0 Å². The molecule has 0 nitrogen and oxygen atoms in total. The van der Waals surface area contributed by atoms with Crippen molar-refractivity contribution in [2.24, 2.45) is 39.9 Å². The predicted molar refractivity (Wildman–Crippen MR) is 85.4 cm³/mol. The van der Waals surface area contributed by atoms with Crippen molar-refractivity contribution in [3.8, 4) is 0 Å². The van der Waals surface area contributed by atoms with Crippen LogP contribution in [0.2, 0.25) is 0 Å². The smallest absolute Gasteiger partial charge is 0.0172 e. The van der Waals surface area contributed by atoms with Crippen molar-refractivity contribution in [3.63, 3.8) is 0 Å². The van der Waals surface area contributed by atoms with Gasteiger partial charge in [-0.25, -0.2) is 0 Å². The van der Waals surface area contributed by atoms with Gasteiger partial charge in [0.25, 0.3) is 0 Å². The van der Waals surface area contributed by atoms with Gasteiger partial charge in [-0.2, -0.15) is 0 Å². The van der Waals surface area contributed by atoms with Crippen LogP contribution in [0.1, 0.15) is 72.6 Å². The van der Waals surface area contributed by atoms with E-state index in [0.717, 1.165) is 23.7 Å². The van der Waals surface area contributed by atoms with Crippen molar-refractivity contribution in [2.45, 2.75) is 72.6 Å². The van der Waals surface area contributed by atoms with Gasteiger partial charge in [0.15, 0.2) is 0 Å². The fourth-order valence-electron chi connectivity index (χ4n) is 7.22. The molecule has 0 radical (unpaired) electrons. The summed E-state index contributed by atoms with van der Waals surface area (Å²) < 4.78 is 0. The molecular weight excluding hydrogens is 240 g/mol. The van der Waals surface area contributed by atoms with E-state index >= 15 is 0 Å². The van der Waals surface area contributed by atoms with E-state index in [2.05, 4.69) is 34.3 Å². The molecule has 0 heteroatoms. The molecule has 0 heterocycles. The molecule has 7 atom stereocenters. The molecule has 4 aliphatic carbocycles. The molecule has 0 bridgehead atoms. The largest absolute Gasteiger partial charge is 0.0998 e. The lowest BCUT2D eigenvalue weighted by molar-refractivity contribution is -0.0959. The minimum atomic E-state index is 0.631. The minimum Gasteiger partial charge on any atom is -0.0998 e. The molecule has 0 unspecified atom stereocenters. The van der Waals surface area contributed by atoms with Gasteiger partial charge in [-0.05, 0) is 91.8 Å². The zero-order valence-electron chi connectivity index (χ0n) is 14.0. The van der Waals surface area contributed by atoms with Crippen LogP contribution in [0.4, 0.5) is 0 Å². The van der Waals surface area contributed by atoms with Crippen molar-refractivity contribution in [3.05, 3.63) is 12.2 Å². The van der Waals surface area contributed by atoms with Crippen LogP contribution in [0.3, 0.4) is 0 Å². The van der Waals surface area contributed by atoms with Gasteiger partial charge < -0.3 is 0 Å². The zero-order valence-corrected chi connectivity index (χ0v) is 14.0. The Morgan fingerprint density at radius 3 is 2.40 bits per heavy atom. The monoisotopic (exact) mass is 272 g/mol. The van der Waals surface area contributed by atoms with Crippen molar-refractivity contribution in [2.75, 3.05) is 0 Å². The summed E-state index contributed by atoms with van der Waals surface area (Å²) in [7, 11) is 0. The SMILES string of the molecule is C=C(C)[C@@H]1CC[C@]2(C)CC[C@]3(C)[C@H](CC[C@H]4C[C@]43C)[C@@H]12. The maximum Gasteiger partial charge on any atom is -0.0172 e. The summed E-state index contributed by atoms with van der Waals surface area (Å²) in [5.74, 6) is 3.81. The number of fused-ring (bicyclic) bond motifs is 5. The molecule has 20 heavy (non-hydrogen) atoms. The molecule has 0 aromatic heterocycles. The summed E-state index contributed by atoms with van der Waals surface area (Å²) in [6, 6.07) is 0. The van der Waals surface area contributed by atoms with E-state index in [0.29, 0.717) is 16.2 Å². The first-order valence-electron chi connectivity index (χ1n) is 8.97. The van der Waals surface area contributed by atoms with Gasteiger partial charge in [-0.15, -0.1) is 0 Å². The van der Waals surface area contributed by atoms with Gasteiger partial charge in [0.2, 0.25) is 0 Å². The van der Waals surface area contributed by atoms with E-state index in [9.17, 15) is 0 Å². The number of hydrogen-bond donors (Lipinski definition) is 0. The van der Waals surface area contributed by atoms with Gasteiger partial charge in [0.1, 0.15) is 0 Å². The third-order valence-corrected chi connectivity index (χ3v) is 8.91. The maximum atomic E-state index is 4.37. The van der Waals surface area contributed by atoms with Gasteiger partial charge >= 0.3 is 0 Å². The normalized spacial score (nSPS) is 60.4. The first-order valence-corrected chi connectivity index (χ1v) is 8.97. The molecule has 4 rings (SSSR count). The highest BCUT2D eigenvalue weighted by Gasteiger charge is 2.70. The Bertz CT molecular complexity index is 463. The molecule has 0 amide bonds.